The number of fused-ring (bicyclic) bond motifs is 3. The minimum absolute atomic E-state index is 0.0930. The van der Waals surface area contributed by atoms with Gasteiger partial charge in [0.15, 0.2) is 0 Å². The van der Waals surface area contributed by atoms with Crippen molar-refractivity contribution in [2.45, 2.75) is 11.3 Å². The highest BCUT2D eigenvalue weighted by Crippen LogP contribution is 2.35. The third-order valence-electron chi connectivity index (χ3n) is 2.89. The van der Waals surface area contributed by atoms with E-state index in [9.17, 15) is 10.1 Å². The minimum Gasteiger partial charge on any atom is -0.311 e. The standard InChI is InChI=1S/C11H9N3O2S2/c15-14(16)7-2-3-9-8(6-7)10-12-4-1-5-13(10)11(17)18-9/h2-3,6H,1,4-5H2. The molecule has 0 aliphatic carbocycles. The van der Waals surface area contributed by atoms with E-state index in [1.807, 2.05) is 4.90 Å². The summed E-state index contributed by atoms with van der Waals surface area (Å²) in [5.41, 5.74) is 0.915. The lowest BCUT2D eigenvalue weighted by molar-refractivity contribution is -0.384. The fourth-order valence-corrected chi connectivity index (χ4v) is 3.38. The van der Waals surface area contributed by atoms with E-state index in [1.165, 1.54) is 17.8 Å². The Morgan fingerprint density at radius 1 is 1.50 bits per heavy atom. The number of thiocarbonyl (C=S) groups is 1. The molecule has 0 amide bonds. The van der Waals surface area contributed by atoms with Crippen LogP contribution in [0.5, 0.6) is 0 Å². The van der Waals surface area contributed by atoms with Gasteiger partial charge in [0.25, 0.3) is 5.69 Å². The average molecular weight is 279 g/mol. The van der Waals surface area contributed by atoms with Crippen LogP contribution in [-0.4, -0.2) is 33.1 Å². The Morgan fingerprint density at radius 3 is 3.11 bits per heavy atom. The first-order valence-corrected chi connectivity index (χ1v) is 6.72. The molecule has 0 aromatic heterocycles. The Labute approximate surface area is 113 Å². The zero-order chi connectivity index (χ0) is 12.7. The van der Waals surface area contributed by atoms with Gasteiger partial charge in [-0.3, -0.25) is 15.1 Å². The summed E-state index contributed by atoms with van der Waals surface area (Å²) in [6, 6.07) is 4.84. The van der Waals surface area contributed by atoms with Crippen LogP contribution in [0.15, 0.2) is 28.1 Å². The van der Waals surface area contributed by atoms with Crippen LogP contribution in [0.1, 0.15) is 12.0 Å². The molecule has 2 aliphatic rings. The molecule has 18 heavy (non-hydrogen) atoms. The number of thioether (sulfide) groups is 1. The molecule has 0 fully saturated rings. The zero-order valence-electron chi connectivity index (χ0n) is 9.33. The summed E-state index contributed by atoms with van der Waals surface area (Å²) in [6.07, 6.45) is 0.967. The van der Waals surface area contributed by atoms with E-state index in [2.05, 4.69) is 4.99 Å². The zero-order valence-corrected chi connectivity index (χ0v) is 11.0. The lowest BCUT2D eigenvalue weighted by atomic mass is 10.1. The molecule has 0 unspecified atom stereocenters. The maximum Gasteiger partial charge on any atom is 0.270 e. The Bertz CT molecular complexity index is 586. The Morgan fingerprint density at radius 2 is 2.33 bits per heavy atom. The summed E-state index contributed by atoms with van der Waals surface area (Å²) in [7, 11) is 0. The summed E-state index contributed by atoms with van der Waals surface area (Å²) in [5.74, 6) is 0.781. The van der Waals surface area contributed by atoms with Crippen molar-refractivity contribution in [1.29, 1.82) is 0 Å². The van der Waals surface area contributed by atoms with Gasteiger partial charge in [0.05, 0.1) is 4.92 Å². The van der Waals surface area contributed by atoms with Gasteiger partial charge >= 0.3 is 0 Å². The number of non-ortho nitro benzene ring substituents is 1. The molecule has 0 N–H and O–H groups in total. The van der Waals surface area contributed by atoms with E-state index >= 15 is 0 Å². The first kappa shape index (κ1) is 11.6. The maximum absolute atomic E-state index is 10.8. The predicted octanol–water partition coefficient (Wildman–Crippen LogP) is 2.44. The summed E-state index contributed by atoms with van der Waals surface area (Å²) >= 11 is 6.81. The van der Waals surface area contributed by atoms with Crippen molar-refractivity contribution in [3.05, 3.63) is 33.9 Å². The van der Waals surface area contributed by atoms with Gasteiger partial charge in [0.1, 0.15) is 10.2 Å². The number of nitro benzene ring substituents is 1. The highest BCUT2D eigenvalue weighted by Gasteiger charge is 2.30. The molecule has 0 radical (unpaired) electrons. The molecule has 1 aromatic carbocycles. The molecule has 0 bridgehead atoms. The number of amidine groups is 1. The molecule has 92 valence electrons. The van der Waals surface area contributed by atoms with Gasteiger partial charge in [-0.1, -0.05) is 24.0 Å². The average Bonchev–Trinajstić information content (AvgIpc) is 2.38. The summed E-state index contributed by atoms with van der Waals surface area (Å²) in [6.45, 7) is 1.59. The van der Waals surface area contributed by atoms with Crippen LogP contribution in [-0.2, 0) is 0 Å². The lowest BCUT2D eigenvalue weighted by Gasteiger charge is -2.33. The van der Waals surface area contributed by atoms with E-state index in [1.54, 1.807) is 12.1 Å². The van der Waals surface area contributed by atoms with E-state index in [0.717, 1.165) is 40.1 Å². The third-order valence-corrected chi connectivity index (χ3v) is 4.33. The van der Waals surface area contributed by atoms with Crippen molar-refractivity contribution in [2.24, 2.45) is 4.99 Å². The largest absolute Gasteiger partial charge is 0.311 e. The Balaban J connectivity index is 2.15. The molecule has 1 aromatic rings. The van der Waals surface area contributed by atoms with Gasteiger partial charge in [-0.05, 0) is 12.5 Å². The molecule has 7 heteroatoms. The second-order valence-corrected chi connectivity index (χ2v) is 5.69. The van der Waals surface area contributed by atoms with Crippen molar-refractivity contribution in [3.63, 3.8) is 0 Å². The Hall–Kier alpha value is -1.47. The number of hydrogen-bond acceptors (Lipinski definition) is 5. The number of benzene rings is 1. The first-order valence-electron chi connectivity index (χ1n) is 5.49. The van der Waals surface area contributed by atoms with Gasteiger partial charge < -0.3 is 4.90 Å². The van der Waals surface area contributed by atoms with Gasteiger partial charge in [-0.25, -0.2) is 0 Å². The highest BCUT2D eigenvalue weighted by atomic mass is 32.2. The molecule has 3 rings (SSSR count). The predicted molar refractivity (Wildman–Crippen MR) is 74.3 cm³/mol. The lowest BCUT2D eigenvalue weighted by Crippen LogP contribution is -2.41. The second kappa shape index (κ2) is 4.33. The number of nitrogens with zero attached hydrogens (tertiary/aromatic N) is 3. The number of aliphatic imine (C=N–C) groups is 1. The van der Waals surface area contributed by atoms with Crippen LogP contribution in [0, 0.1) is 10.1 Å². The maximum atomic E-state index is 10.8. The van der Waals surface area contributed by atoms with Gasteiger partial charge in [0.2, 0.25) is 0 Å². The molecule has 0 saturated carbocycles. The molecule has 2 aliphatic heterocycles. The smallest absolute Gasteiger partial charge is 0.270 e. The fraction of sp³-hybridized carbons (Fsp3) is 0.273. The number of rotatable bonds is 1. The summed E-state index contributed by atoms with van der Waals surface area (Å²) in [5, 5.41) is 10.8. The van der Waals surface area contributed by atoms with E-state index in [0.29, 0.717) is 0 Å². The monoisotopic (exact) mass is 279 g/mol. The van der Waals surface area contributed by atoms with Gasteiger partial charge in [-0.2, -0.15) is 0 Å². The van der Waals surface area contributed by atoms with Crippen LogP contribution in [0.2, 0.25) is 0 Å². The molecular weight excluding hydrogens is 270 g/mol. The molecule has 0 atom stereocenters. The van der Waals surface area contributed by atoms with Crippen LogP contribution in [0.3, 0.4) is 0 Å². The van der Waals surface area contributed by atoms with E-state index < -0.39 is 0 Å². The topological polar surface area (TPSA) is 58.7 Å². The van der Waals surface area contributed by atoms with Gasteiger partial charge in [0, 0.05) is 35.7 Å². The second-order valence-electron chi connectivity index (χ2n) is 4.02. The normalized spacial score (nSPS) is 17.9. The molecule has 5 nitrogen and oxygen atoms in total. The fourth-order valence-electron chi connectivity index (χ4n) is 2.06. The van der Waals surface area contributed by atoms with Crippen LogP contribution in [0.25, 0.3) is 0 Å². The van der Waals surface area contributed by atoms with E-state index in [-0.39, 0.29) is 10.6 Å². The van der Waals surface area contributed by atoms with Crippen LogP contribution < -0.4 is 0 Å². The highest BCUT2D eigenvalue weighted by molar-refractivity contribution is 8.23. The molecular formula is C11H9N3O2S2. The number of hydrogen-bond donors (Lipinski definition) is 0. The van der Waals surface area contributed by atoms with Crippen LogP contribution >= 0.6 is 24.0 Å². The van der Waals surface area contributed by atoms with Crippen LogP contribution in [0.4, 0.5) is 5.69 Å². The summed E-state index contributed by atoms with van der Waals surface area (Å²) in [4.78, 5) is 17.8. The molecule has 2 heterocycles. The van der Waals surface area contributed by atoms with E-state index in [4.69, 9.17) is 12.2 Å². The molecule has 0 saturated heterocycles. The van der Waals surface area contributed by atoms with Gasteiger partial charge in [-0.15, -0.1) is 0 Å². The summed E-state index contributed by atoms with van der Waals surface area (Å²) < 4.78 is 0.773. The third kappa shape index (κ3) is 1.79. The van der Waals surface area contributed by atoms with Crippen molar-refractivity contribution in [1.82, 2.24) is 4.90 Å². The number of nitro groups is 1. The molecule has 0 spiro atoms. The quantitative estimate of drug-likeness (QED) is 0.449. The Kier molecular flexibility index (Phi) is 2.79. The minimum atomic E-state index is -0.383. The van der Waals surface area contributed by atoms with Crippen molar-refractivity contribution < 1.29 is 4.92 Å². The van der Waals surface area contributed by atoms with Crippen molar-refractivity contribution >= 4 is 39.8 Å². The van der Waals surface area contributed by atoms with Crippen molar-refractivity contribution in [3.8, 4) is 0 Å². The van der Waals surface area contributed by atoms with Crippen molar-refractivity contribution in [2.75, 3.05) is 13.1 Å². The SMILES string of the molecule is O=[N+]([O-])c1ccc2c(c1)C1=NCCCN1C(=S)S2. The first-order chi connectivity index (χ1) is 8.66.